The number of carbonyl (C=O) groups is 1. The zero-order valence-electron chi connectivity index (χ0n) is 15.3. The third kappa shape index (κ3) is 3.28. The minimum absolute atomic E-state index is 0.0571. The first-order valence-corrected chi connectivity index (χ1v) is 9.78. The van der Waals surface area contributed by atoms with Crippen LogP contribution in [-0.2, 0) is 4.79 Å². The quantitative estimate of drug-likeness (QED) is 0.887. The van der Waals surface area contributed by atoms with Gasteiger partial charge in [0.15, 0.2) is 0 Å². The van der Waals surface area contributed by atoms with Gasteiger partial charge in [0, 0.05) is 24.4 Å². The summed E-state index contributed by atoms with van der Waals surface area (Å²) in [7, 11) is 0. The molecule has 1 amide bonds. The lowest BCUT2D eigenvalue weighted by molar-refractivity contribution is -0.128. The Morgan fingerprint density at radius 1 is 1.23 bits per heavy atom. The van der Waals surface area contributed by atoms with E-state index in [1.807, 2.05) is 35.1 Å². The van der Waals surface area contributed by atoms with Crippen molar-refractivity contribution in [3.63, 3.8) is 0 Å². The lowest BCUT2D eigenvalue weighted by Crippen LogP contribution is -2.49. The second kappa shape index (κ2) is 7.23. The number of carbonyl (C=O) groups excluding carboxylic acids is 1. The molecular formula is C21H28N4O. The third-order valence-corrected chi connectivity index (χ3v) is 6.30. The topological polar surface area (TPSA) is 72.9 Å². The number of para-hydroxylation sites is 1. The van der Waals surface area contributed by atoms with Crippen molar-refractivity contribution >= 4 is 5.91 Å². The number of nitrogens with two attached hydrogens (primary N) is 1. The van der Waals surface area contributed by atoms with Crippen molar-refractivity contribution in [2.45, 2.75) is 51.1 Å². The smallest absolute Gasteiger partial charge is 0.223 e. The third-order valence-electron chi connectivity index (χ3n) is 6.30. The standard InChI is InChI=1S/C21H28N4O/c1-14(18-8-2-3-9-19(18)25-11-5-10-23-25)24-21(26)17-12-15-6-4-7-16(13-17)20(15)22/h2-3,5,8-11,14-17,20H,4,6-7,12-13,22H2,1H3,(H,24,26). The number of hydrogen-bond donors (Lipinski definition) is 2. The van der Waals surface area contributed by atoms with Crippen LogP contribution in [0, 0.1) is 17.8 Å². The summed E-state index contributed by atoms with van der Waals surface area (Å²) in [5.74, 6) is 1.32. The van der Waals surface area contributed by atoms with Crippen LogP contribution in [0.5, 0.6) is 0 Å². The number of rotatable bonds is 4. The van der Waals surface area contributed by atoms with Crippen LogP contribution in [0.25, 0.3) is 5.69 Å². The van der Waals surface area contributed by atoms with Gasteiger partial charge in [-0.2, -0.15) is 5.10 Å². The first-order chi connectivity index (χ1) is 12.6. The molecule has 2 fully saturated rings. The fourth-order valence-corrected chi connectivity index (χ4v) is 4.89. The number of amides is 1. The van der Waals surface area contributed by atoms with Gasteiger partial charge in [-0.05, 0) is 62.1 Å². The maximum Gasteiger partial charge on any atom is 0.223 e. The molecule has 1 aromatic heterocycles. The molecule has 2 aliphatic carbocycles. The summed E-state index contributed by atoms with van der Waals surface area (Å²) < 4.78 is 1.85. The van der Waals surface area contributed by atoms with Gasteiger partial charge in [0.2, 0.25) is 5.91 Å². The second-order valence-corrected chi connectivity index (χ2v) is 7.94. The van der Waals surface area contributed by atoms with Crippen LogP contribution in [0.2, 0.25) is 0 Å². The van der Waals surface area contributed by atoms with Crippen molar-refractivity contribution in [3.8, 4) is 5.69 Å². The van der Waals surface area contributed by atoms with E-state index < -0.39 is 0 Å². The van der Waals surface area contributed by atoms with Crippen LogP contribution in [0.1, 0.15) is 50.6 Å². The van der Waals surface area contributed by atoms with Crippen LogP contribution in [0.3, 0.4) is 0 Å². The van der Waals surface area contributed by atoms with E-state index in [1.165, 1.54) is 19.3 Å². The monoisotopic (exact) mass is 352 g/mol. The van der Waals surface area contributed by atoms with E-state index >= 15 is 0 Å². The molecule has 26 heavy (non-hydrogen) atoms. The van der Waals surface area contributed by atoms with Crippen molar-refractivity contribution in [2.75, 3.05) is 0 Å². The molecule has 1 aromatic carbocycles. The Labute approximate surface area is 155 Å². The Morgan fingerprint density at radius 3 is 2.65 bits per heavy atom. The van der Waals surface area contributed by atoms with E-state index in [0.29, 0.717) is 17.9 Å². The lowest BCUT2D eigenvalue weighted by atomic mass is 9.65. The molecule has 1 heterocycles. The van der Waals surface area contributed by atoms with Crippen molar-refractivity contribution < 1.29 is 4.79 Å². The van der Waals surface area contributed by atoms with Gasteiger partial charge < -0.3 is 11.1 Å². The molecule has 3 unspecified atom stereocenters. The van der Waals surface area contributed by atoms with Crippen LogP contribution >= 0.6 is 0 Å². The van der Waals surface area contributed by atoms with Gasteiger partial charge in [-0.15, -0.1) is 0 Å². The van der Waals surface area contributed by atoms with Crippen molar-refractivity contribution in [2.24, 2.45) is 23.5 Å². The highest BCUT2D eigenvalue weighted by molar-refractivity contribution is 5.79. The van der Waals surface area contributed by atoms with Crippen LogP contribution < -0.4 is 11.1 Å². The van der Waals surface area contributed by atoms with E-state index in [9.17, 15) is 4.79 Å². The molecule has 0 radical (unpaired) electrons. The van der Waals surface area contributed by atoms with E-state index in [0.717, 1.165) is 24.1 Å². The van der Waals surface area contributed by atoms with Gasteiger partial charge in [-0.1, -0.05) is 24.6 Å². The van der Waals surface area contributed by atoms with Crippen LogP contribution in [0.4, 0.5) is 0 Å². The van der Waals surface area contributed by atoms with Gasteiger partial charge in [0.1, 0.15) is 0 Å². The molecule has 3 atom stereocenters. The Balaban J connectivity index is 1.47. The largest absolute Gasteiger partial charge is 0.349 e. The van der Waals surface area contributed by atoms with E-state index in [4.69, 9.17) is 5.73 Å². The predicted molar refractivity (Wildman–Crippen MR) is 102 cm³/mol. The average molecular weight is 352 g/mol. The van der Waals surface area contributed by atoms with E-state index in [2.05, 4.69) is 23.4 Å². The fourth-order valence-electron chi connectivity index (χ4n) is 4.89. The molecule has 0 aliphatic heterocycles. The first kappa shape index (κ1) is 17.3. The Morgan fingerprint density at radius 2 is 1.96 bits per heavy atom. The van der Waals surface area contributed by atoms with Crippen molar-refractivity contribution in [1.82, 2.24) is 15.1 Å². The molecule has 5 heteroatoms. The molecule has 4 rings (SSSR count). The molecular weight excluding hydrogens is 324 g/mol. The molecule has 2 saturated carbocycles. The normalized spacial score (nSPS) is 29.2. The second-order valence-electron chi connectivity index (χ2n) is 7.94. The highest BCUT2D eigenvalue weighted by Gasteiger charge is 2.40. The summed E-state index contributed by atoms with van der Waals surface area (Å²) >= 11 is 0. The van der Waals surface area contributed by atoms with Crippen LogP contribution in [-0.4, -0.2) is 21.7 Å². The fraction of sp³-hybridized carbons (Fsp3) is 0.524. The maximum absolute atomic E-state index is 12.9. The summed E-state index contributed by atoms with van der Waals surface area (Å²) in [4.78, 5) is 12.9. The number of fused-ring (bicyclic) bond motifs is 2. The van der Waals surface area contributed by atoms with Crippen molar-refractivity contribution in [3.05, 3.63) is 48.3 Å². The molecule has 5 nitrogen and oxygen atoms in total. The maximum atomic E-state index is 12.9. The van der Waals surface area contributed by atoms with Gasteiger partial charge in [0.25, 0.3) is 0 Å². The number of nitrogens with zero attached hydrogens (tertiary/aromatic N) is 2. The highest BCUT2D eigenvalue weighted by atomic mass is 16.1. The number of hydrogen-bond acceptors (Lipinski definition) is 3. The Kier molecular flexibility index (Phi) is 4.81. The SMILES string of the molecule is CC(NC(=O)C1CC2CCCC(C1)C2N)c1ccccc1-n1cccn1. The molecule has 2 bridgehead atoms. The molecule has 0 saturated heterocycles. The summed E-state index contributed by atoms with van der Waals surface area (Å²) in [5.41, 5.74) is 8.46. The Hall–Kier alpha value is -2.14. The minimum Gasteiger partial charge on any atom is -0.349 e. The zero-order chi connectivity index (χ0) is 18.1. The molecule has 3 N–H and O–H groups in total. The van der Waals surface area contributed by atoms with E-state index in [1.54, 1.807) is 6.20 Å². The van der Waals surface area contributed by atoms with Crippen LogP contribution in [0.15, 0.2) is 42.7 Å². The molecule has 0 spiro atoms. The van der Waals surface area contributed by atoms with E-state index in [-0.39, 0.29) is 17.9 Å². The number of nitrogens with one attached hydrogen (secondary N) is 1. The first-order valence-electron chi connectivity index (χ1n) is 9.78. The zero-order valence-corrected chi connectivity index (χ0v) is 15.3. The van der Waals surface area contributed by atoms with Gasteiger partial charge >= 0.3 is 0 Å². The summed E-state index contributed by atoms with van der Waals surface area (Å²) in [6, 6.07) is 10.3. The Bertz CT molecular complexity index is 743. The number of aromatic nitrogens is 2. The summed E-state index contributed by atoms with van der Waals surface area (Å²) in [5, 5.41) is 7.59. The summed E-state index contributed by atoms with van der Waals surface area (Å²) in [6.45, 7) is 2.05. The highest BCUT2D eigenvalue weighted by Crippen LogP contribution is 2.42. The summed E-state index contributed by atoms with van der Waals surface area (Å²) in [6.07, 6.45) is 9.21. The van der Waals surface area contributed by atoms with Crippen molar-refractivity contribution in [1.29, 1.82) is 0 Å². The van der Waals surface area contributed by atoms with Gasteiger partial charge in [-0.25, -0.2) is 4.68 Å². The predicted octanol–water partition coefficient (Wildman–Crippen LogP) is 3.20. The molecule has 2 aromatic rings. The van der Waals surface area contributed by atoms with Gasteiger partial charge in [0.05, 0.1) is 11.7 Å². The lowest BCUT2D eigenvalue weighted by Gasteiger charge is -2.43. The minimum atomic E-state index is -0.0571. The molecule has 2 aliphatic rings. The number of benzene rings is 1. The van der Waals surface area contributed by atoms with Gasteiger partial charge in [-0.3, -0.25) is 4.79 Å². The molecule has 138 valence electrons. The average Bonchev–Trinajstić information content (AvgIpc) is 3.16.